The number of furan rings is 1. The molecule has 1 fully saturated rings. The molecule has 1 aromatic heterocycles. The summed E-state index contributed by atoms with van der Waals surface area (Å²) in [7, 11) is 0. The lowest BCUT2D eigenvalue weighted by Crippen LogP contribution is -2.45. The molecule has 2 aliphatic rings. The van der Waals surface area contributed by atoms with Crippen LogP contribution < -0.4 is 5.32 Å². The maximum Gasteiger partial charge on any atom is 0.411 e. The predicted octanol–water partition coefficient (Wildman–Crippen LogP) is 4.82. The van der Waals surface area contributed by atoms with E-state index in [1.807, 2.05) is 43.3 Å². The Labute approximate surface area is 202 Å². The van der Waals surface area contributed by atoms with Gasteiger partial charge < -0.3 is 19.2 Å². The van der Waals surface area contributed by atoms with E-state index in [1.54, 1.807) is 0 Å². The molecular weight excluding hydrogens is 448 g/mol. The van der Waals surface area contributed by atoms with Crippen molar-refractivity contribution in [2.45, 2.75) is 19.3 Å². The molecule has 1 aliphatic heterocycles. The molecule has 180 valence electrons. The van der Waals surface area contributed by atoms with E-state index in [1.165, 1.54) is 17.2 Å². The molecule has 8 heteroatoms. The zero-order chi connectivity index (χ0) is 24.5. The van der Waals surface area contributed by atoms with Gasteiger partial charge >= 0.3 is 12.1 Å². The predicted molar refractivity (Wildman–Crippen MR) is 128 cm³/mol. The first kappa shape index (κ1) is 22.7. The van der Waals surface area contributed by atoms with Gasteiger partial charge in [-0.1, -0.05) is 55.5 Å². The molecule has 5 rings (SSSR count). The number of hydrogen-bond acceptors (Lipinski definition) is 5. The zero-order valence-electron chi connectivity index (χ0n) is 19.3. The third-order valence-corrected chi connectivity index (χ3v) is 7.00. The summed E-state index contributed by atoms with van der Waals surface area (Å²) in [4.78, 5) is 38.7. The number of anilines is 1. The average Bonchev–Trinajstić information content (AvgIpc) is 3.45. The van der Waals surface area contributed by atoms with Crippen LogP contribution in [-0.2, 0) is 9.53 Å². The van der Waals surface area contributed by atoms with Gasteiger partial charge in [-0.05, 0) is 34.6 Å². The molecule has 2 aromatic carbocycles. The summed E-state index contributed by atoms with van der Waals surface area (Å²) < 4.78 is 10.9. The number of fused-ring (bicyclic) bond motifs is 3. The number of nitrogens with zero attached hydrogens (tertiary/aromatic N) is 1. The summed E-state index contributed by atoms with van der Waals surface area (Å²) in [6.07, 6.45) is 1.20. The Morgan fingerprint density at radius 2 is 1.71 bits per heavy atom. The second-order valence-electron chi connectivity index (χ2n) is 9.08. The number of amides is 2. The minimum Gasteiger partial charge on any atom is -0.481 e. The van der Waals surface area contributed by atoms with E-state index in [0.29, 0.717) is 13.0 Å². The van der Waals surface area contributed by atoms with Gasteiger partial charge in [0.25, 0.3) is 5.91 Å². The molecule has 0 bridgehead atoms. The van der Waals surface area contributed by atoms with Crippen molar-refractivity contribution in [1.82, 2.24) is 4.90 Å². The Kier molecular flexibility index (Phi) is 6.03. The number of nitrogens with one attached hydrogen (secondary N) is 1. The van der Waals surface area contributed by atoms with Crippen LogP contribution in [0.4, 0.5) is 10.5 Å². The van der Waals surface area contributed by atoms with E-state index in [9.17, 15) is 19.5 Å². The highest BCUT2D eigenvalue weighted by molar-refractivity contribution is 6.00. The molecule has 0 saturated carbocycles. The molecule has 2 N–H and O–H groups in total. The summed E-state index contributed by atoms with van der Waals surface area (Å²) in [6, 6.07) is 17.6. The number of carboxylic acids is 1. The molecule has 2 atom stereocenters. The van der Waals surface area contributed by atoms with Crippen molar-refractivity contribution in [1.29, 1.82) is 0 Å². The van der Waals surface area contributed by atoms with Crippen molar-refractivity contribution in [3.8, 4) is 11.1 Å². The van der Waals surface area contributed by atoms with Crippen LogP contribution in [0.25, 0.3) is 11.1 Å². The van der Waals surface area contributed by atoms with E-state index in [2.05, 4.69) is 17.4 Å². The molecule has 2 unspecified atom stereocenters. The molecule has 3 aromatic rings. The largest absolute Gasteiger partial charge is 0.481 e. The van der Waals surface area contributed by atoms with Crippen LogP contribution in [0, 0.1) is 11.8 Å². The minimum absolute atomic E-state index is 0.0217. The Morgan fingerprint density at radius 3 is 2.37 bits per heavy atom. The Balaban J connectivity index is 1.25. The second-order valence-corrected chi connectivity index (χ2v) is 9.08. The van der Waals surface area contributed by atoms with Gasteiger partial charge in [-0.15, -0.1) is 0 Å². The van der Waals surface area contributed by atoms with Crippen LogP contribution in [0.1, 0.15) is 40.9 Å². The van der Waals surface area contributed by atoms with Crippen LogP contribution in [0.5, 0.6) is 0 Å². The van der Waals surface area contributed by atoms with Gasteiger partial charge in [0.1, 0.15) is 6.61 Å². The molecule has 2 amide bonds. The third kappa shape index (κ3) is 4.27. The highest BCUT2D eigenvalue weighted by atomic mass is 16.5. The third-order valence-electron chi connectivity index (χ3n) is 7.00. The van der Waals surface area contributed by atoms with Crippen molar-refractivity contribution in [2.24, 2.45) is 11.8 Å². The van der Waals surface area contributed by atoms with E-state index < -0.39 is 23.9 Å². The standard InChI is InChI=1S/C27H26N2O6/c1-16-10-12-29(14-21(16)26(31)32)25(30)24-23(11-13-34-24)28-27(33)35-15-22-19-8-4-2-6-17(19)18-7-3-5-9-20(18)22/h2-9,11,13,16,21-22H,10,12,14-15H2,1H3,(H,28,33)(H,31,32). The van der Waals surface area contributed by atoms with Gasteiger partial charge in [-0.25, -0.2) is 4.79 Å². The molecular formula is C27H26N2O6. The molecule has 8 nitrogen and oxygen atoms in total. The molecule has 35 heavy (non-hydrogen) atoms. The monoisotopic (exact) mass is 474 g/mol. The number of hydrogen-bond donors (Lipinski definition) is 2. The summed E-state index contributed by atoms with van der Waals surface area (Å²) in [5, 5.41) is 12.1. The fourth-order valence-electron chi connectivity index (χ4n) is 5.04. The van der Waals surface area contributed by atoms with Crippen LogP contribution in [-0.4, -0.2) is 47.7 Å². The first-order valence-corrected chi connectivity index (χ1v) is 11.7. The first-order chi connectivity index (χ1) is 16.9. The Bertz CT molecular complexity index is 1240. The number of likely N-dealkylation sites (tertiary alicyclic amines) is 1. The van der Waals surface area contributed by atoms with Gasteiger partial charge in [-0.2, -0.15) is 0 Å². The lowest BCUT2D eigenvalue weighted by Gasteiger charge is -2.34. The van der Waals surface area contributed by atoms with Gasteiger partial charge in [-0.3, -0.25) is 14.9 Å². The summed E-state index contributed by atoms with van der Waals surface area (Å²) in [6.45, 7) is 2.54. The van der Waals surface area contributed by atoms with Crippen molar-refractivity contribution >= 4 is 23.7 Å². The fraction of sp³-hybridized carbons (Fsp3) is 0.296. The summed E-state index contributed by atoms with van der Waals surface area (Å²) in [5.41, 5.74) is 4.67. The van der Waals surface area contributed by atoms with Gasteiger partial charge in [0, 0.05) is 25.1 Å². The second kappa shape index (κ2) is 9.29. The molecule has 2 heterocycles. The number of carbonyl (C=O) groups excluding carboxylic acids is 2. The fourth-order valence-corrected chi connectivity index (χ4v) is 5.04. The maximum atomic E-state index is 13.0. The van der Waals surface area contributed by atoms with Crippen molar-refractivity contribution < 1.29 is 28.6 Å². The van der Waals surface area contributed by atoms with E-state index in [0.717, 1.165) is 22.3 Å². The lowest BCUT2D eigenvalue weighted by molar-refractivity contribution is -0.145. The molecule has 0 spiro atoms. The maximum absolute atomic E-state index is 13.0. The normalized spacial score (nSPS) is 19.1. The number of aliphatic carboxylic acids is 1. The topological polar surface area (TPSA) is 109 Å². The number of carboxylic acid groups (broad SMARTS) is 1. The van der Waals surface area contributed by atoms with Crippen LogP contribution in [0.15, 0.2) is 65.3 Å². The van der Waals surface area contributed by atoms with Crippen molar-refractivity contribution in [2.75, 3.05) is 25.0 Å². The Morgan fingerprint density at radius 1 is 1.06 bits per heavy atom. The summed E-state index contributed by atoms with van der Waals surface area (Å²) in [5.74, 6) is -2.17. The molecule has 1 saturated heterocycles. The van der Waals surface area contributed by atoms with Crippen LogP contribution in [0.2, 0.25) is 0 Å². The number of carbonyl (C=O) groups is 3. The zero-order valence-corrected chi connectivity index (χ0v) is 19.3. The smallest absolute Gasteiger partial charge is 0.411 e. The van der Waals surface area contributed by atoms with Crippen molar-refractivity contribution in [3.05, 3.63) is 77.7 Å². The van der Waals surface area contributed by atoms with E-state index >= 15 is 0 Å². The quantitative estimate of drug-likeness (QED) is 0.549. The molecule has 0 radical (unpaired) electrons. The van der Waals surface area contributed by atoms with Gasteiger partial charge in [0.2, 0.25) is 5.76 Å². The minimum atomic E-state index is -0.925. The molecule has 1 aliphatic carbocycles. The van der Waals surface area contributed by atoms with E-state index in [4.69, 9.17) is 9.15 Å². The first-order valence-electron chi connectivity index (χ1n) is 11.7. The SMILES string of the molecule is CC1CCN(C(=O)c2occc2NC(=O)OCC2c3ccccc3-c3ccccc32)CC1C(=O)O. The van der Waals surface area contributed by atoms with Gasteiger partial charge in [0.15, 0.2) is 0 Å². The number of rotatable bonds is 5. The van der Waals surface area contributed by atoms with E-state index in [-0.39, 0.29) is 36.4 Å². The van der Waals surface area contributed by atoms with Crippen molar-refractivity contribution in [3.63, 3.8) is 0 Å². The number of ether oxygens (including phenoxy) is 1. The number of piperidine rings is 1. The van der Waals surface area contributed by atoms with Crippen LogP contribution >= 0.6 is 0 Å². The number of benzene rings is 2. The highest BCUT2D eigenvalue weighted by Gasteiger charge is 2.35. The summed E-state index contributed by atoms with van der Waals surface area (Å²) >= 11 is 0. The lowest BCUT2D eigenvalue weighted by atomic mass is 9.87. The highest BCUT2D eigenvalue weighted by Crippen LogP contribution is 2.44. The van der Waals surface area contributed by atoms with Crippen LogP contribution in [0.3, 0.4) is 0 Å². The Hall–Kier alpha value is -4.07. The van der Waals surface area contributed by atoms with Gasteiger partial charge in [0.05, 0.1) is 17.9 Å². The average molecular weight is 475 g/mol.